The number of hydrogen-bond donors (Lipinski definition) is 2. The van der Waals surface area contributed by atoms with Gasteiger partial charge in [0.05, 0.1) is 5.56 Å². The van der Waals surface area contributed by atoms with Crippen LogP contribution in [0.5, 0.6) is 0 Å². The molecule has 2 N–H and O–H groups in total. The molecule has 0 radical (unpaired) electrons. The first kappa shape index (κ1) is 17.0. The molecule has 2 aromatic rings. The molecular weight excluding hydrogens is 316 g/mol. The molecule has 2 heterocycles. The predicted molar refractivity (Wildman–Crippen MR) is 97.5 cm³/mol. The molecule has 1 aliphatic heterocycles. The Bertz CT molecular complexity index is 815. The van der Waals surface area contributed by atoms with E-state index in [0.29, 0.717) is 11.4 Å². The minimum atomic E-state index is -0.302. The lowest BCUT2D eigenvalue weighted by Gasteiger charge is -2.35. The number of nitrogens with zero attached hydrogens (tertiary/aromatic N) is 2. The molecule has 0 spiro atoms. The molecular formula is C19H22N4O2. The number of carbonyl (C=O) groups excluding carboxylic acids is 2. The largest absolute Gasteiger partial charge is 0.335 e. The average Bonchev–Trinajstić information content (AvgIpc) is 2.58. The number of amides is 2. The van der Waals surface area contributed by atoms with Gasteiger partial charge in [0.2, 0.25) is 5.91 Å². The van der Waals surface area contributed by atoms with Crippen molar-refractivity contribution in [2.24, 2.45) is 5.92 Å². The van der Waals surface area contributed by atoms with E-state index in [1.54, 1.807) is 6.07 Å². The molecule has 1 atom stereocenters. The van der Waals surface area contributed by atoms with Crippen LogP contribution in [0.3, 0.4) is 0 Å². The summed E-state index contributed by atoms with van der Waals surface area (Å²) in [4.78, 5) is 30.6. The van der Waals surface area contributed by atoms with Gasteiger partial charge in [0.1, 0.15) is 12.0 Å². The first-order chi connectivity index (χ1) is 11.9. The van der Waals surface area contributed by atoms with E-state index < -0.39 is 0 Å². The number of pyridine rings is 1. The van der Waals surface area contributed by atoms with Gasteiger partial charge in [-0.2, -0.15) is 0 Å². The lowest BCUT2D eigenvalue weighted by Crippen LogP contribution is -2.45. The molecule has 25 heavy (non-hydrogen) atoms. The fraction of sp³-hybridized carbons (Fsp3) is 0.316. The van der Waals surface area contributed by atoms with Crippen molar-refractivity contribution in [2.45, 2.75) is 26.9 Å². The van der Waals surface area contributed by atoms with Crippen LogP contribution >= 0.6 is 0 Å². The molecule has 2 amide bonds. The zero-order valence-corrected chi connectivity index (χ0v) is 14.8. The van der Waals surface area contributed by atoms with Crippen LogP contribution in [0, 0.1) is 12.8 Å². The SMILES string of the molecule is Cc1ccc2c(n1)N(C)[C@@H](c1ccc(NC(=O)C(C)C)cc1)NC2=O. The van der Waals surface area contributed by atoms with Crippen molar-refractivity contribution >= 4 is 23.3 Å². The molecule has 3 rings (SSSR count). The van der Waals surface area contributed by atoms with Gasteiger partial charge in [-0.25, -0.2) is 4.98 Å². The lowest BCUT2D eigenvalue weighted by molar-refractivity contribution is -0.118. The van der Waals surface area contributed by atoms with Crippen molar-refractivity contribution in [2.75, 3.05) is 17.3 Å². The second-order valence-electron chi connectivity index (χ2n) is 6.58. The van der Waals surface area contributed by atoms with Gasteiger partial charge >= 0.3 is 0 Å². The second kappa shape index (κ2) is 6.55. The average molecular weight is 338 g/mol. The molecule has 1 aliphatic rings. The Morgan fingerprint density at radius 3 is 2.52 bits per heavy atom. The Kier molecular flexibility index (Phi) is 4.44. The first-order valence-corrected chi connectivity index (χ1v) is 8.29. The van der Waals surface area contributed by atoms with Crippen molar-refractivity contribution in [3.8, 4) is 0 Å². The van der Waals surface area contributed by atoms with Gasteiger partial charge in [0.15, 0.2) is 0 Å². The Balaban J connectivity index is 1.85. The van der Waals surface area contributed by atoms with E-state index >= 15 is 0 Å². The first-order valence-electron chi connectivity index (χ1n) is 8.29. The van der Waals surface area contributed by atoms with Crippen LogP contribution < -0.4 is 15.5 Å². The number of benzene rings is 1. The Labute approximate surface area is 147 Å². The van der Waals surface area contributed by atoms with Crippen LogP contribution in [0.2, 0.25) is 0 Å². The fourth-order valence-electron chi connectivity index (χ4n) is 2.75. The van der Waals surface area contributed by atoms with Crippen molar-refractivity contribution < 1.29 is 9.59 Å². The summed E-state index contributed by atoms with van der Waals surface area (Å²) in [5.74, 6) is 0.437. The maximum absolute atomic E-state index is 12.4. The van der Waals surface area contributed by atoms with Gasteiger partial charge in [-0.15, -0.1) is 0 Å². The minimum absolute atomic E-state index is 0.0237. The number of anilines is 2. The number of nitrogens with one attached hydrogen (secondary N) is 2. The number of aryl methyl sites for hydroxylation is 1. The summed E-state index contributed by atoms with van der Waals surface area (Å²) in [5, 5.41) is 5.86. The van der Waals surface area contributed by atoms with Crippen molar-refractivity contribution in [1.29, 1.82) is 0 Å². The second-order valence-corrected chi connectivity index (χ2v) is 6.58. The zero-order valence-electron chi connectivity index (χ0n) is 14.8. The summed E-state index contributed by atoms with van der Waals surface area (Å²) in [6.07, 6.45) is -0.302. The van der Waals surface area contributed by atoms with E-state index in [0.717, 1.165) is 16.9 Å². The summed E-state index contributed by atoms with van der Waals surface area (Å²) < 4.78 is 0. The summed E-state index contributed by atoms with van der Waals surface area (Å²) >= 11 is 0. The van der Waals surface area contributed by atoms with Crippen LogP contribution in [-0.4, -0.2) is 23.8 Å². The topological polar surface area (TPSA) is 74.3 Å². The molecule has 0 saturated carbocycles. The molecule has 1 aromatic carbocycles. The third-order valence-electron chi connectivity index (χ3n) is 4.27. The Hall–Kier alpha value is -2.89. The molecule has 0 aliphatic carbocycles. The highest BCUT2D eigenvalue weighted by molar-refractivity contribution is 6.01. The highest BCUT2D eigenvalue weighted by Crippen LogP contribution is 2.30. The minimum Gasteiger partial charge on any atom is -0.335 e. The van der Waals surface area contributed by atoms with Gasteiger partial charge in [0.25, 0.3) is 5.91 Å². The van der Waals surface area contributed by atoms with E-state index in [1.165, 1.54) is 0 Å². The van der Waals surface area contributed by atoms with Crippen LogP contribution in [0.1, 0.15) is 41.6 Å². The van der Waals surface area contributed by atoms with Crippen molar-refractivity contribution in [3.05, 3.63) is 53.2 Å². The van der Waals surface area contributed by atoms with E-state index in [2.05, 4.69) is 15.6 Å². The molecule has 6 nitrogen and oxygen atoms in total. The maximum Gasteiger partial charge on any atom is 0.256 e. The van der Waals surface area contributed by atoms with Gasteiger partial charge < -0.3 is 15.5 Å². The van der Waals surface area contributed by atoms with E-state index in [-0.39, 0.29) is 23.9 Å². The van der Waals surface area contributed by atoms with E-state index in [4.69, 9.17) is 0 Å². The highest BCUT2D eigenvalue weighted by Gasteiger charge is 2.30. The van der Waals surface area contributed by atoms with Gasteiger partial charge in [0, 0.05) is 24.3 Å². The number of hydrogen-bond acceptors (Lipinski definition) is 4. The Morgan fingerprint density at radius 2 is 1.88 bits per heavy atom. The third-order valence-corrected chi connectivity index (χ3v) is 4.27. The number of fused-ring (bicyclic) bond motifs is 1. The van der Waals surface area contributed by atoms with Gasteiger partial charge in [-0.05, 0) is 36.8 Å². The number of carbonyl (C=O) groups is 2. The lowest BCUT2D eigenvalue weighted by atomic mass is 10.1. The zero-order chi connectivity index (χ0) is 18.1. The Morgan fingerprint density at radius 1 is 1.20 bits per heavy atom. The van der Waals surface area contributed by atoms with Crippen LogP contribution in [0.4, 0.5) is 11.5 Å². The fourth-order valence-corrected chi connectivity index (χ4v) is 2.75. The third kappa shape index (κ3) is 3.33. The van der Waals surface area contributed by atoms with Crippen LogP contribution in [0.15, 0.2) is 36.4 Å². The number of rotatable bonds is 3. The van der Waals surface area contributed by atoms with Gasteiger partial charge in [-0.1, -0.05) is 26.0 Å². The molecule has 0 saturated heterocycles. The van der Waals surface area contributed by atoms with Crippen molar-refractivity contribution in [1.82, 2.24) is 10.3 Å². The quantitative estimate of drug-likeness (QED) is 0.902. The highest BCUT2D eigenvalue weighted by atomic mass is 16.2. The summed E-state index contributed by atoms with van der Waals surface area (Å²) in [6, 6.07) is 11.1. The molecule has 1 aromatic heterocycles. The summed E-state index contributed by atoms with van der Waals surface area (Å²) in [6.45, 7) is 5.60. The normalized spacial score (nSPS) is 16.4. The van der Waals surface area contributed by atoms with Crippen molar-refractivity contribution in [3.63, 3.8) is 0 Å². The van der Waals surface area contributed by atoms with E-state index in [9.17, 15) is 9.59 Å². The molecule has 0 unspecified atom stereocenters. The summed E-state index contributed by atoms with van der Waals surface area (Å²) in [7, 11) is 1.91. The molecule has 0 bridgehead atoms. The molecule has 6 heteroatoms. The smallest absolute Gasteiger partial charge is 0.256 e. The number of aromatic nitrogens is 1. The summed E-state index contributed by atoms with van der Waals surface area (Å²) in [5.41, 5.74) is 3.10. The van der Waals surface area contributed by atoms with E-state index in [1.807, 2.05) is 63.1 Å². The maximum atomic E-state index is 12.4. The standard InChI is InChI=1S/C19H22N4O2/c1-11(2)18(24)21-14-8-6-13(7-9-14)16-22-19(25)15-10-5-12(3)20-17(15)23(16)4/h5-11,16H,1-4H3,(H,21,24)(H,22,25)/t16-/m0/s1. The molecule has 130 valence electrons. The molecule has 0 fully saturated rings. The monoisotopic (exact) mass is 338 g/mol. The predicted octanol–water partition coefficient (Wildman–Crippen LogP) is 2.86. The van der Waals surface area contributed by atoms with Crippen LogP contribution in [0.25, 0.3) is 0 Å². The van der Waals surface area contributed by atoms with Gasteiger partial charge in [-0.3, -0.25) is 9.59 Å². The van der Waals surface area contributed by atoms with Crippen LogP contribution in [-0.2, 0) is 4.79 Å².